The van der Waals surface area contributed by atoms with Gasteiger partial charge in [-0.2, -0.15) is 0 Å². The van der Waals surface area contributed by atoms with Crippen molar-refractivity contribution in [2.75, 3.05) is 0 Å². The van der Waals surface area contributed by atoms with Crippen molar-refractivity contribution in [3.8, 4) is 11.1 Å². The number of fused-ring (bicyclic) bond motifs is 1. The van der Waals surface area contributed by atoms with Crippen LogP contribution in [0.5, 0.6) is 0 Å². The largest absolute Gasteiger partial charge is 0.481 e. The van der Waals surface area contributed by atoms with Gasteiger partial charge in [-0.3, -0.25) is 4.79 Å². The van der Waals surface area contributed by atoms with Gasteiger partial charge in [-0.15, -0.1) is 22.7 Å². The summed E-state index contributed by atoms with van der Waals surface area (Å²) in [5.74, 6) is -0.767. The van der Waals surface area contributed by atoms with Crippen LogP contribution in [0.1, 0.15) is 12.0 Å². The molecule has 0 aliphatic rings. The number of aliphatic carboxylic acids is 1. The molecule has 0 unspecified atom stereocenters. The summed E-state index contributed by atoms with van der Waals surface area (Å²) in [4.78, 5) is 11.4. The van der Waals surface area contributed by atoms with E-state index in [-0.39, 0.29) is 6.42 Å². The molecule has 2 heterocycles. The van der Waals surface area contributed by atoms with Crippen LogP contribution in [0.25, 0.3) is 21.9 Å². The van der Waals surface area contributed by atoms with Gasteiger partial charge in [-0.25, -0.2) is 0 Å². The monoisotopic (exact) mass is 472 g/mol. The van der Waals surface area contributed by atoms with Gasteiger partial charge in [-0.05, 0) is 62.1 Å². The Bertz CT molecular complexity index is 1320. The fourth-order valence-electron chi connectivity index (χ4n) is 4.11. The molecule has 0 saturated carbocycles. The summed E-state index contributed by atoms with van der Waals surface area (Å²) in [5, 5.41) is 17.3. The molecule has 5 rings (SSSR count). The number of thiophene rings is 2. The predicted octanol–water partition coefficient (Wildman–Crippen LogP) is 6.41. The highest BCUT2D eigenvalue weighted by Crippen LogP contribution is 2.42. The van der Waals surface area contributed by atoms with Crippen LogP contribution < -0.4 is 14.5 Å². The Hall–Kier alpha value is -2.78. The highest BCUT2D eigenvalue weighted by atomic mass is 32.1. The first-order chi connectivity index (χ1) is 15.7. The number of rotatable bonds is 7. The lowest BCUT2D eigenvalue weighted by molar-refractivity contribution is -0.136. The molecule has 32 heavy (non-hydrogen) atoms. The number of aryl methyl sites for hydroxylation is 1. The Morgan fingerprint density at radius 2 is 1.47 bits per heavy atom. The average Bonchev–Trinajstić information content (AvgIpc) is 3.53. The summed E-state index contributed by atoms with van der Waals surface area (Å²) in [6, 6.07) is 30.0. The van der Waals surface area contributed by atoms with Crippen LogP contribution in [-0.2, 0) is 11.2 Å². The standard InChI is InChI=1S/C27H21O2PS2/c28-24(29)16-15-20-14-13-19-7-1-2-8-21(19)27(20)22-9-3-4-10-23(22)30(25-11-5-17-31-25)26-12-6-18-32-26/h1-14,17-18H,15-16H2,(H,28,29). The van der Waals surface area contributed by atoms with Crippen LogP contribution in [0.15, 0.2) is 95.7 Å². The second-order valence-corrected chi connectivity index (χ2v) is 12.1. The first kappa shape index (κ1) is 21.1. The fraction of sp³-hybridized carbons (Fsp3) is 0.0741. The van der Waals surface area contributed by atoms with E-state index in [2.05, 4.69) is 95.7 Å². The summed E-state index contributed by atoms with van der Waals surface area (Å²) in [7, 11) is -0.685. The van der Waals surface area contributed by atoms with Gasteiger partial charge in [0.2, 0.25) is 0 Å². The van der Waals surface area contributed by atoms with E-state index in [0.717, 1.165) is 5.56 Å². The van der Waals surface area contributed by atoms with Gasteiger partial charge in [0.25, 0.3) is 0 Å². The maximum Gasteiger partial charge on any atom is 0.303 e. The molecule has 3 aromatic carbocycles. The predicted molar refractivity (Wildman–Crippen MR) is 140 cm³/mol. The normalized spacial score (nSPS) is 11.3. The molecular weight excluding hydrogens is 451 g/mol. The van der Waals surface area contributed by atoms with Crippen LogP contribution in [0.2, 0.25) is 0 Å². The lowest BCUT2D eigenvalue weighted by Gasteiger charge is -2.22. The van der Waals surface area contributed by atoms with E-state index in [1.807, 2.05) is 22.7 Å². The number of benzene rings is 3. The second kappa shape index (κ2) is 9.38. The molecule has 0 atom stereocenters. The Morgan fingerprint density at radius 3 is 2.16 bits per heavy atom. The smallest absolute Gasteiger partial charge is 0.303 e. The zero-order valence-electron chi connectivity index (χ0n) is 17.3. The van der Waals surface area contributed by atoms with Gasteiger partial charge in [0.15, 0.2) is 0 Å². The number of carboxylic acids is 1. The number of carbonyl (C=O) groups is 1. The molecule has 5 aromatic rings. The van der Waals surface area contributed by atoms with Gasteiger partial charge in [0, 0.05) is 23.6 Å². The van der Waals surface area contributed by atoms with Gasteiger partial charge in [0.1, 0.15) is 0 Å². The van der Waals surface area contributed by atoms with Crippen molar-refractivity contribution in [2.24, 2.45) is 0 Å². The zero-order valence-corrected chi connectivity index (χ0v) is 19.8. The second-order valence-electron chi connectivity index (χ2n) is 7.47. The molecule has 0 radical (unpaired) electrons. The van der Waals surface area contributed by atoms with Gasteiger partial charge in [0.05, 0.1) is 0 Å². The van der Waals surface area contributed by atoms with Gasteiger partial charge >= 0.3 is 5.97 Å². The van der Waals surface area contributed by atoms with E-state index in [1.54, 1.807) is 0 Å². The van der Waals surface area contributed by atoms with Crippen molar-refractivity contribution < 1.29 is 9.90 Å². The van der Waals surface area contributed by atoms with Crippen LogP contribution in [0, 0.1) is 0 Å². The number of carboxylic acid groups (broad SMARTS) is 1. The molecule has 0 fully saturated rings. The summed E-state index contributed by atoms with van der Waals surface area (Å²) in [6.45, 7) is 0. The van der Waals surface area contributed by atoms with Crippen molar-refractivity contribution in [1.29, 1.82) is 0 Å². The molecule has 0 aliphatic carbocycles. The summed E-state index contributed by atoms with van der Waals surface area (Å²) < 4.78 is 2.75. The Kier molecular flexibility index (Phi) is 6.18. The molecule has 0 aliphatic heterocycles. The first-order valence-corrected chi connectivity index (χ1v) is 13.5. The van der Waals surface area contributed by atoms with Crippen molar-refractivity contribution in [3.05, 3.63) is 101 Å². The van der Waals surface area contributed by atoms with Crippen molar-refractivity contribution in [2.45, 2.75) is 12.8 Å². The maximum absolute atomic E-state index is 11.4. The molecule has 0 bridgehead atoms. The minimum atomic E-state index is -0.767. The highest BCUT2D eigenvalue weighted by molar-refractivity contribution is 7.87. The lowest BCUT2D eigenvalue weighted by Crippen LogP contribution is -2.19. The average molecular weight is 473 g/mol. The maximum atomic E-state index is 11.4. The highest BCUT2D eigenvalue weighted by Gasteiger charge is 2.23. The van der Waals surface area contributed by atoms with Gasteiger partial charge < -0.3 is 5.11 Å². The summed E-state index contributed by atoms with van der Waals surface area (Å²) in [6.07, 6.45) is 0.637. The molecule has 1 N–H and O–H groups in total. The topological polar surface area (TPSA) is 37.3 Å². The molecule has 0 saturated heterocycles. The third-order valence-electron chi connectivity index (χ3n) is 5.49. The molecule has 0 amide bonds. The molecule has 2 nitrogen and oxygen atoms in total. The van der Waals surface area contributed by atoms with Gasteiger partial charge in [-0.1, -0.05) is 72.8 Å². The van der Waals surface area contributed by atoms with E-state index in [1.165, 1.54) is 36.4 Å². The van der Waals surface area contributed by atoms with Crippen LogP contribution in [0.4, 0.5) is 0 Å². The third kappa shape index (κ3) is 4.14. The minimum absolute atomic E-state index is 0.123. The van der Waals surface area contributed by atoms with E-state index in [9.17, 15) is 9.90 Å². The number of hydrogen-bond acceptors (Lipinski definition) is 3. The quantitative estimate of drug-likeness (QED) is 0.278. The number of hydrogen-bond donors (Lipinski definition) is 1. The first-order valence-electron chi connectivity index (χ1n) is 10.4. The van der Waals surface area contributed by atoms with Crippen molar-refractivity contribution in [1.82, 2.24) is 0 Å². The van der Waals surface area contributed by atoms with E-state index < -0.39 is 13.9 Å². The van der Waals surface area contributed by atoms with Crippen LogP contribution >= 0.6 is 30.6 Å². The van der Waals surface area contributed by atoms with E-state index in [4.69, 9.17) is 0 Å². The van der Waals surface area contributed by atoms with E-state index >= 15 is 0 Å². The lowest BCUT2D eigenvalue weighted by atomic mass is 9.91. The fourth-order valence-corrected chi connectivity index (χ4v) is 9.40. The van der Waals surface area contributed by atoms with Crippen molar-refractivity contribution in [3.63, 3.8) is 0 Å². The molecule has 158 valence electrons. The van der Waals surface area contributed by atoms with Crippen molar-refractivity contribution >= 4 is 61.9 Å². The third-order valence-corrected chi connectivity index (χ3v) is 10.6. The minimum Gasteiger partial charge on any atom is -0.481 e. The summed E-state index contributed by atoms with van der Waals surface area (Å²) >= 11 is 3.62. The Balaban J connectivity index is 1.77. The molecule has 5 heteroatoms. The molecular formula is C27H21O2PS2. The van der Waals surface area contributed by atoms with Crippen LogP contribution in [-0.4, -0.2) is 11.1 Å². The molecule has 0 spiro atoms. The Morgan fingerprint density at radius 1 is 0.781 bits per heavy atom. The Labute approximate surface area is 196 Å². The summed E-state index contributed by atoms with van der Waals surface area (Å²) in [5.41, 5.74) is 3.46. The molecule has 2 aromatic heterocycles. The van der Waals surface area contributed by atoms with E-state index in [0.29, 0.717) is 6.42 Å². The van der Waals surface area contributed by atoms with Crippen LogP contribution in [0.3, 0.4) is 0 Å². The zero-order chi connectivity index (χ0) is 21.9. The SMILES string of the molecule is O=C(O)CCc1ccc2ccccc2c1-c1ccccc1P(c1cccs1)c1cccs1.